The van der Waals surface area contributed by atoms with E-state index in [0.29, 0.717) is 5.56 Å². The van der Waals surface area contributed by atoms with Crippen molar-refractivity contribution in [1.29, 1.82) is 5.26 Å². The zero-order valence-electron chi connectivity index (χ0n) is 13.8. The SMILES string of the molecule is CN1CCC(C(=O)c2cccc(Nc3ccc(C#N)cc3)c2)CC1. The van der Waals surface area contributed by atoms with Crippen molar-refractivity contribution in [2.75, 3.05) is 25.5 Å². The fourth-order valence-corrected chi connectivity index (χ4v) is 3.05. The Morgan fingerprint density at radius 2 is 1.83 bits per heavy atom. The molecule has 0 amide bonds. The maximum Gasteiger partial charge on any atom is 0.166 e. The number of hydrogen-bond acceptors (Lipinski definition) is 4. The van der Waals surface area contributed by atoms with E-state index in [1.54, 1.807) is 12.1 Å². The molecule has 0 bridgehead atoms. The fourth-order valence-electron chi connectivity index (χ4n) is 3.05. The topological polar surface area (TPSA) is 56.1 Å². The zero-order chi connectivity index (χ0) is 16.9. The van der Waals surface area contributed by atoms with Crippen molar-refractivity contribution < 1.29 is 4.79 Å². The molecule has 0 spiro atoms. The molecule has 1 heterocycles. The third kappa shape index (κ3) is 3.81. The number of nitrogens with one attached hydrogen (secondary N) is 1. The fraction of sp³-hybridized carbons (Fsp3) is 0.300. The number of likely N-dealkylation sites (tertiary alicyclic amines) is 1. The van der Waals surface area contributed by atoms with Gasteiger partial charge in [-0.3, -0.25) is 4.79 Å². The molecule has 0 unspecified atom stereocenters. The quantitative estimate of drug-likeness (QED) is 0.870. The Balaban J connectivity index is 1.71. The minimum Gasteiger partial charge on any atom is -0.356 e. The number of anilines is 2. The van der Waals surface area contributed by atoms with Crippen LogP contribution in [0.4, 0.5) is 11.4 Å². The van der Waals surface area contributed by atoms with Crippen LogP contribution in [-0.4, -0.2) is 30.8 Å². The van der Waals surface area contributed by atoms with E-state index < -0.39 is 0 Å². The average molecular weight is 319 g/mol. The van der Waals surface area contributed by atoms with Crippen molar-refractivity contribution in [2.45, 2.75) is 12.8 Å². The van der Waals surface area contributed by atoms with E-state index in [1.165, 1.54) is 0 Å². The predicted octanol–water partition coefficient (Wildman–Crippen LogP) is 3.83. The first-order valence-electron chi connectivity index (χ1n) is 8.26. The number of carbonyl (C=O) groups excluding carboxylic acids is 1. The number of hydrogen-bond donors (Lipinski definition) is 1. The van der Waals surface area contributed by atoms with Crippen molar-refractivity contribution in [2.24, 2.45) is 5.92 Å². The molecular weight excluding hydrogens is 298 g/mol. The standard InChI is InChI=1S/C20H21N3O/c1-23-11-9-16(10-12-23)20(24)17-3-2-4-19(13-17)22-18-7-5-15(14-21)6-8-18/h2-8,13,16,22H,9-12H2,1H3. The highest BCUT2D eigenvalue weighted by molar-refractivity contribution is 5.98. The van der Waals surface area contributed by atoms with Crippen LogP contribution in [0.25, 0.3) is 0 Å². The summed E-state index contributed by atoms with van der Waals surface area (Å²) in [4.78, 5) is 15.0. The maximum atomic E-state index is 12.7. The molecule has 4 heteroatoms. The molecule has 0 saturated carbocycles. The van der Waals surface area contributed by atoms with Gasteiger partial charge in [-0.25, -0.2) is 0 Å². The average Bonchev–Trinajstić information content (AvgIpc) is 2.63. The van der Waals surface area contributed by atoms with Crippen molar-refractivity contribution in [3.63, 3.8) is 0 Å². The van der Waals surface area contributed by atoms with Gasteiger partial charge in [-0.05, 0) is 69.4 Å². The lowest BCUT2D eigenvalue weighted by Crippen LogP contribution is -2.33. The number of nitrogens with zero attached hydrogens (tertiary/aromatic N) is 2. The van der Waals surface area contributed by atoms with Gasteiger partial charge in [0, 0.05) is 22.9 Å². The molecule has 24 heavy (non-hydrogen) atoms. The van der Waals surface area contributed by atoms with Gasteiger partial charge in [-0.2, -0.15) is 5.26 Å². The number of nitriles is 1. The van der Waals surface area contributed by atoms with Crippen LogP contribution in [-0.2, 0) is 0 Å². The second-order valence-electron chi connectivity index (χ2n) is 6.34. The molecule has 1 aliphatic rings. The van der Waals surface area contributed by atoms with Crippen LogP contribution in [0, 0.1) is 17.2 Å². The number of benzene rings is 2. The van der Waals surface area contributed by atoms with Crippen LogP contribution in [0.15, 0.2) is 48.5 Å². The predicted molar refractivity (Wildman–Crippen MR) is 95.4 cm³/mol. The second kappa shape index (κ2) is 7.29. The van der Waals surface area contributed by atoms with Crippen molar-refractivity contribution in [3.05, 3.63) is 59.7 Å². The first-order valence-corrected chi connectivity index (χ1v) is 8.26. The van der Waals surface area contributed by atoms with Crippen LogP contribution in [0.3, 0.4) is 0 Å². The molecule has 1 fully saturated rings. The summed E-state index contributed by atoms with van der Waals surface area (Å²) < 4.78 is 0. The van der Waals surface area contributed by atoms with E-state index in [-0.39, 0.29) is 11.7 Å². The Kier molecular flexibility index (Phi) is 4.93. The van der Waals surface area contributed by atoms with Gasteiger partial charge in [-0.15, -0.1) is 0 Å². The molecule has 0 radical (unpaired) electrons. The summed E-state index contributed by atoms with van der Waals surface area (Å²) in [5, 5.41) is 12.1. The number of ketones is 1. The molecule has 122 valence electrons. The molecule has 3 rings (SSSR count). The molecule has 1 saturated heterocycles. The molecule has 2 aromatic carbocycles. The highest BCUT2D eigenvalue weighted by Gasteiger charge is 2.24. The molecular formula is C20H21N3O. The molecule has 2 aromatic rings. The minimum atomic E-state index is 0.131. The van der Waals surface area contributed by atoms with E-state index in [4.69, 9.17) is 5.26 Å². The number of rotatable bonds is 4. The minimum absolute atomic E-state index is 0.131. The lowest BCUT2D eigenvalue weighted by atomic mass is 9.89. The lowest BCUT2D eigenvalue weighted by Gasteiger charge is -2.28. The first-order chi connectivity index (χ1) is 11.7. The Labute approximate surface area is 142 Å². The van der Waals surface area contributed by atoms with Gasteiger partial charge in [0.25, 0.3) is 0 Å². The molecule has 4 nitrogen and oxygen atoms in total. The summed E-state index contributed by atoms with van der Waals surface area (Å²) in [6.45, 7) is 1.97. The van der Waals surface area contributed by atoms with Gasteiger partial charge in [0.05, 0.1) is 11.6 Å². The second-order valence-corrected chi connectivity index (χ2v) is 6.34. The van der Waals surface area contributed by atoms with E-state index in [0.717, 1.165) is 42.9 Å². The normalized spacial score (nSPS) is 15.7. The Morgan fingerprint density at radius 1 is 1.12 bits per heavy atom. The van der Waals surface area contributed by atoms with E-state index >= 15 is 0 Å². The summed E-state index contributed by atoms with van der Waals surface area (Å²) in [6, 6.07) is 17.1. The third-order valence-corrected chi connectivity index (χ3v) is 4.54. The van der Waals surface area contributed by atoms with E-state index in [2.05, 4.69) is 23.3 Å². The summed E-state index contributed by atoms with van der Waals surface area (Å²) in [6.07, 6.45) is 1.87. The number of piperidine rings is 1. The van der Waals surface area contributed by atoms with Gasteiger partial charge in [0.1, 0.15) is 0 Å². The maximum absolute atomic E-state index is 12.7. The summed E-state index contributed by atoms with van der Waals surface area (Å²) in [5.41, 5.74) is 3.19. The zero-order valence-corrected chi connectivity index (χ0v) is 13.8. The van der Waals surface area contributed by atoms with Crippen LogP contribution in [0.1, 0.15) is 28.8 Å². The third-order valence-electron chi connectivity index (χ3n) is 4.54. The monoisotopic (exact) mass is 319 g/mol. The van der Waals surface area contributed by atoms with Crippen LogP contribution < -0.4 is 5.32 Å². The molecule has 0 aromatic heterocycles. The van der Waals surface area contributed by atoms with Crippen molar-refractivity contribution >= 4 is 17.2 Å². The van der Waals surface area contributed by atoms with Gasteiger partial charge in [-0.1, -0.05) is 12.1 Å². The smallest absolute Gasteiger partial charge is 0.166 e. The lowest BCUT2D eigenvalue weighted by molar-refractivity contribution is 0.0857. The van der Waals surface area contributed by atoms with Crippen LogP contribution in [0.5, 0.6) is 0 Å². The highest BCUT2D eigenvalue weighted by atomic mass is 16.1. The van der Waals surface area contributed by atoms with Gasteiger partial charge in [0.15, 0.2) is 5.78 Å². The summed E-state index contributed by atoms with van der Waals surface area (Å²) >= 11 is 0. The van der Waals surface area contributed by atoms with Gasteiger partial charge < -0.3 is 10.2 Å². The van der Waals surface area contributed by atoms with Crippen LogP contribution in [0.2, 0.25) is 0 Å². The first kappa shape index (κ1) is 16.2. The number of carbonyl (C=O) groups is 1. The number of Topliss-reactive ketones (excluding diaryl/α,β-unsaturated/α-hetero) is 1. The Morgan fingerprint density at radius 3 is 2.50 bits per heavy atom. The van der Waals surface area contributed by atoms with Crippen LogP contribution >= 0.6 is 0 Å². The van der Waals surface area contributed by atoms with E-state index in [1.807, 2.05) is 36.4 Å². The Bertz CT molecular complexity index is 753. The van der Waals surface area contributed by atoms with Gasteiger partial charge >= 0.3 is 0 Å². The summed E-state index contributed by atoms with van der Waals surface area (Å²) in [5.74, 6) is 0.373. The Hall–Kier alpha value is -2.64. The molecule has 1 N–H and O–H groups in total. The molecule has 1 aliphatic heterocycles. The van der Waals surface area contributed by atoms with Crippen molar-refractivity contribution in [3.8, 4) is 6.07 Å². The summed E-state index contributed by atoms with van der Waals surface area (Å²) in [7, 11) is 2.10. The van der Waals surface area contributed by atoms with E-state index in [9.17, 15) is 4.79 Å². The van der Waals surface area contributed by atoms with Gasteiger partial charge in [0.2, 0.25) is 0 Å². The van der Waals surface area contributed by atoms with Crippen molar-refractivity contribution in [1.82, 2.24) is 4.90 Å². The largest absolute Gasteiger partial charge is 0.356 e. The molecule has 0 aliphatic carbocycles. The molecule has 0 atom stereocenters. The highest BCUT2D eigenvalue weighted by Crippen LogP contribution is 2.24.